The third-order valence-corrected chi connectivity index (χ3v) is 7.83. The maximum Gasteiger partial charge on any atom is 0.322 e. The van der Waals surface area contributed by atoms with Crippen LogP contribution in [0.4, 0.5) is 0 Å². The van der Waals surface area contributed by atoms with Gasteiger partial charge in [0.05, 0.1) is 25.7 Å². The maximum absolute atomic E-state index is 13.1. The molecule has 0 saturated carbocycles. The minimum atomic E-state index is -4.15. The molecule has 2 N–H and O–H groups in total. The summed E-state index contributed by atoms with van der Waals surface area (Å²) < 4.78 is 46.9. The van der Waals surface area contributed by atoms with E-state index in [4.69, 9.17) is 14.2 Å². The van der Waals surface area contributed by atoms with Crippen molar-refractivity contribution in [2.75, 3.05) is 20.8 Å². The lowest BCUT2D eigenvalue weighted by Crippen LogP contribution is -2.42. The number of nitrogens with zero attached hydrogens (tertiary/aromatic N) is 1. The second kappa shape index (κ2) is 12.6. The van der Waals surface area contributed by atoms with Gasteiger partial charge in [0.2, 0.25) is 10.0 Å². The fraction of sp³-hybridized carbons (Fsp3) is 0.233. The number of rotatable bonds is 12. The molecule has 0 spiro atoms. The van der Waals surface area contributed by atoms with Gasteiger partial charge in [-0.25, -0.2) is 8.42 Å². The van der Waals surface area contributed by atoms with Crippen molar-refractivity contribution in [1.82, 2.24) is 9.29 Å². The van der Waals surface area contributed by atoms with Gasteiger partial charge in [0.25, 0.3) is 0 Å². The van der Waals surface area contributed by atoms with E-state index in [1.54, 1.807) is 21.1 Å². The van der Waals surface area contributed by atoms with E-state index in [-0.39, 0.29) is 17.9 Å². The normalized spacial score (nSPS) is 11.9. The number of fused-ring (bicyclic) bond motifs is 1. The Morgan fingerprint density at radius 3 is 2.40 bits per heavy atom. The van der Waals surface area contributed by atoms with Gasteiger partial charge in [-0.15, -0.1) is 5.92 Å². The number of aliphatic carboxylic acids is 1. The van der Waals surface area contributed by atoms with Crippen LogP contribution in [0.3, 0.4) is 0 Å². The number of carbonyl (C=O) groups is 1. The zero-order valence-electron chi connectivity index (χ0n) is 22.4. The first kappa shape index (κ1) is 28.5. The number of carboxylic acid groups (broad SMARTS) is 1. The van der Waals surface area contributed by atoms with E-state index in [1.165, 1.54) is 24.3 Å². The standard InChI is InChI=1S/C30H30N2O7S/c1-4-5-16-39-23-10-13-25(14-11-23)40(35,36)31-27(30(33)34)17-22-20-32(19-21-8-6-7-9-29(21)38-3)28-15-12-24(37-2)18-26(22)28/h6-15,18,20,27,31H,16-17,19H2,1-3H3,(H,33,34). The largest absolute Gasteiger partial charge is 0.497 e. The second-order valence-electron chi connectivity index (χ2n) is 8.88. The highest BCUT2D eigenvalue weighted by molar-refractivity contribution is 7.89. The number of hydrogen-bond acceptors (Lipinski definition) is 6. The molecule has 3 aromatic carbocycles. The van der Waals surface area contributed by atoms with Crippen LogP contribution >= 0.6 is 0 Å². The number of carboxylic acids is 1. The molecule has 0 radical (unpaired) electrons. The number of aromatic nitrogens is 1. The first-order valence-corrected chi connectivity index (χ1v) is 13.9. The zero-order valence-corrected chi connectivity index (χ0v) is 23.2. The molecule has 4 aromatic rings. The lowest BCUT2D eigenvalue weighted by molar-refractivity contribution is -0.138. The summed E-state index contributed by atoms with van der Waals surface area (Å²) in [7, 11) is -0.990. The van der Waals surface area contributed by atoms with E-state index in [0.29, 0.717) is 23.6 Å². The molecule has 1 heterocycles. The molecule has 208 valence electrons. The Bertz CT molecular complexity index is 1670. The Hall–Kier alpha value is -4.46. The molecule has 0 aliphatic carbocycles. The number of methoxy groups -OCH3 is 2. The predicted octanol–water partition coefficient (Wildman–Crippen LogP) is 4.08. The van der Waals surface area contributed by atoms with Crippen molar-refractivity contribution >= 4 is 26.9 Å². The smallest absolute Gasteiger partial charge is 0.322 e. The summed E-state index contributed by atoms with van der Waals surface area (Å²) in [5, 5.41) is 10.7. The van der Waals surface area contributed by atoms with Crippen molar-refractivity contribution in [3.63, 3.8) is 0 Å². The van der Waals surface area contributed by atoms with Crippen molar-refractivity contribution < 1.29 is 32.5 Å². The van der Waals surface area contributed by atoms with Gasteiger partial charge in [-0.3, -0.25) is 4.79 Å². The van der Waals surface area contributed by atoms with Gasteiger partial charge in [0.1, 0.15) is 29.9 Å². The van der Waals surface area contributed by atoms with Gasteiger partial charge >= 0.3 is 5.97 Å². The van der Waals surface area contributed by atoms with Crippen molar-refractivity contribution in [2.45, 2.75) is 30.8 Å². The summed E-state index contributed by atoms with van der Waals surface area (Å²) in [6.07, 6.45) is 1.75. The Balaban J connectivity index is 1.63. The van der Waals surface area contributed by atoms with Gasteiger partial charge < -0.3 is 23.9 Å². The molecule has 10 heteroatoms. The molecule has 1 atom stereocenters. The van der Waals surface area contributed by atoms with Gasteiger partial charge in [-0.1, -0.05) is 24.1 Å². The Labute approximate surface area is 233 Å². The maximum atomic E-state index is 13.1. The average Bonchev–Trinajstić information content (AvgIpc) is 3.29. The van der Waals surface area contributed by atoms with Crippen LogP contribution in [0.2, 0.25) is 0 Å². The third kappa shape index (κ3) is 6.57. The summed E-state index contributed by atoms with van der Waals surface area (Å²) in [6.45, 7) is 2.34. The fourth-order valence-electron chi connectivity index (χ4n) is 4.35. The molecule has 0 aliphatic rings. The van der Waals surface area contributed by atoms with Crippen LogP contribution in [0, 0.1) is 11.8 Å². The van der Waals surface area contributed by atoms with Crippen molar-refractivity contribution in [1.29, 1.82) is 0 Å². The lowest BCUT2D eigenvalue weighted by Gasteiger charge is -2.15. The summed E-state index contributed by atoms with van der Waals surface area (Å²) in [4.78, 5) is 12.2. The number of sulfonamides is 1. The predicted molar refractivity (Wildman–Crippen MR) is 151 cm³/mol. The molecule has 40 heavy (non-hydrogen) atoms. The van der Waals surface area contributed by atoms with E-state index >= 15 is 0 Å². The highest BCUT2D eigenvalue weighted by Crippen LogP contribution is 2.29. The molecule has 0 saturated heterocycles. The minimum absolute atomic E-state index is 0.0760. The first-order chi connectivity index (χ1) is 19.2. The van der Waals surface area contributed by atoms with Crippen molar-refractivity contribution in [2.24, 2.45) is 0 Å². The molecular weight excluding hydrogens is 532 g/mol. The molecule has 0 bridgehead atoms. The Kier molecular flexibility index (Phi) is 8.99. The van der Waals surface area contributed by atoms with Crippen molar-refractivity contribution in [3.05, 3.63) is 84.1 Å². The summed E-state index contributed by atoms with van der Waals surface area (Å²) in [5.74, 6) is 5.95. The molecule has 0 aliphatic heterocycles. The molecule has 9 nitrogen and oxygen atoms in total. The van der Waals surface area contributed by atoms with Crippen LogP contribution in [0.15, 0.2) is 77.8 Å². The SMILES string of the molecule is CC#CCOc1ccc(S(=O)(=O)NC(Cc2cn(Cc3ccccc3OC)c3ccc(OC)cc23)C(=O)O)cc1. The van der Waals surface area contributed by atoms with Crippen LogP contribution in [0.5, 0.6) is 17.2 Å². The number of hydrogen-bond donors (Lipinski definition) is 2. The Morgan fingerprint density at radius 2 is 1.73 bits per heavy atom. The fourth-order valence-corrected chi connectivity index (χ4v) is 5.54. The van der Waals surface area contributed by atoms with E-state index in [0.717, 1.165) is 22.2 Å². The minimum Gasteiger partial charge on any atom is -0.497 e. The third-order valence-electron chi connectivity index (χ3n) is 6.35. The molecule has 1 unspecified atom stereocenters. The number of benzene rings is 3. The number of para-hydroxylation sites is 1. The highest BCUT2D eigenvalue weighted by Gasteiger charge is 2.27. The van der Waals surface area contributed by atoms with Crippen LogP contribution in [-0.4, -0.2) is 50.9 Å². The van der Waals surface area contributed by atoms with Crippen LogP contribution < -0.4 is 18.9 Å². The molecule has 0 amide bonds. The lowest BCUT2D eigenvalue weighted by atomic mass is 10.1. The summed E-state index contributed by atoms with van der Waals surface area (Å²) in [5.41, 5.74) is 2.44. The van der Waals surface area contributed by atoms with Gasteiger partial charge in [-0.2, -0.15) is 4.72 Å². The van der Waals surface area contributed by atoms with Gasteiger partial charge in [0, 0.05) is 29.1 Å². The zero-order chi connectivity index (χ0) is 28.7. The summed E-state index contributed by atoms with van der Waals surface area (Å²) >= 11 is 0. The van der Waals surface area contributed by atoms with Crippen LogP contribution in [-0.2, 0) is 27.8 Å². The monoisotopic (exact) mass is 562 g/mol. The van der Waals surface area contributed by atoms with Crippen molar-refractivity contribution in [3.8, 4) is 29.1 Å². The van der Waals surface area contributed by atoms with Gasteiger partial charge in [-0.05, 0) is 61.0 Å². The topological polar surface area (TPSA) is 116 Å². The molecule has 0 fully saturated rings. The second-order valence-corrected chi connectivity index (χ2v) is 10.6. The van der Waals surface area contributed by atoms with E-state index < -0.39 is 22.0 Å². The quantitative estimate of drug-likeness (QED) is 0.250. The van der Waals surface area contributed by atoms with E-state index in [9.17, 15) is 18.3 Å². The summed E-state index contributed by atoms with van der Waals surface area (Å²) in [6, 6.07) is 17.5. The number of nitrogens with one attached hydrogen (secondary N) is 1. The Morgan fingerprint density at radius 1 is 1.00 bits per heavy atom. The van der Waals surface area contributed by atoms with E-state index in [2.05, 4.69) is 16.6 Å². The molecule has 4 rings (SSSR count). The van der Waals surface area contributed by atoms with E-state index in [1.807, 2.05) is 53.2 Å². The molecular formula is C30H30N2O7S. The number of ether oxygens (including phenoxy) is 3. The average molecular weight is 563 g/mol. The molecule has 1 aromatic heterocycles. The highest BCUT2D eigenvalue weighted by atomic mass is 32.2. The first-order valence-electron chi connectivity index (χ1n) is 12.4. The van der Waals surface area contributed by atoms with Crippen LogP contribution in [0.25, 0.3) is 10.9 Å². The van der Waals surface area contributed by atoms with Gasteiger partial charge in [0.15, 0.2) is 0 Å². The van der Waals surface area contributed by atoms with Crippen LogP contribution in [0.1, 0.15) is 18.1 Å².